The van der Waals surface area contributed by atoms with Crippen LogP contribution < -0.4 is 15.4 Å². The SMILES string of the molecule is CCC1CN(CCCOC)c2cccc3cc(-c4nc5cc(C(=O)N6CCCC(N)C6)cc(OC)c5n4C)n1c23. The number of hydrogen-bond donors (Lipinski definition) is 1. The Bertz CT molecular complexity index is 1560. The number of aromatic nitrogens is 3. The Morgan fingerprint density at radius 3 is 2.75 bits per heavy atom. The molecule has 0 radical (unpaired) electrons. The van der Waals surface area contributed by atoms with Gasteiger partial charge in [-0.3, -0.25) is 4.79 Å². The lowest BCUT2D eigenvalue weighted by Crippen LogP contribution is -2.45. The molecule has 212 valence electrons. The number of benzene rings is 2. The molecule has 9 heteroatoms. The fourth-order valence-electron chi connectivity index (χ4n) is 6.62. The average Bonchev–Trinajstić information content (AvgIpc) is 3.52. The molecule has 0 spiro atoms. The van der Waals surface area contributed by atoms with Crippen LogP contribution in [0.15, 0.2) is 36.4 Å². The van der Waals surface area contributed by atoms with Gasteiger partial charge in [0.05, 0.1) is 35.6 Å². The second kappa shape index (κ2) is 10.8. The minimum absolute atomic E-state index is 0.0182. The quantitative estimate of drug-likeness (QED) is 0.327. The largest absolute Gasteiger partial charge is 0.494 e. The number of aryl methyl sites for hydroxylation is 1. The fourth-order valence-corrected chi connectivity index (χ4v) is 6.62. The summed E-state index contributed by atoms with van der Waals surface area (Å²) < 4.78 is 15.7. The number of nitrogens with two attached hydrogens (primary N) is 1. The van der Waals surface area contributed by atoms with Crippen molar-refractivity contribution in [1.82, 2.24) is 19.0 Å². The van der Waals surface area contributed by atoms with Gasteiger partial charge in [0.15, 0.2) is 5.82 Å². The standard InChI is InChI=1S/C31H40N6O3/c1-5-23-19-35(13-8-14-39-3)25-11-6-9-20-16-26(37(23)28(20)25)30-33-24-15-21(17-27(40-4)29(24)34(30)2)31(38)36-12-7-10-22(32)18-36/h6,9,11,15-17,22-23H,5,7-8,10,12-14,18-19,32H2,1-4H3. The Kier molecular flexibility index (Phi) is 7.18. The van der Waals surface area contributed by atoms with E-state index in [1.807, 2.05) is 24.1 Å². The Morgan fingerprint density at radius 2 is 2.00 bits per heavy atom. The second-order valence-corrected chi connectivity index (χ2v) is 11.2. The highest BCUT2D eigenvalue weighted by Crippen LogP contribution is 2.42. The number of methoxy groups -OCH3 is 2. The lowest BCUT2D eigenvalue weighted by atomic mass is 10.0. The number of fused-ring (bicyclic) bond motifs is 1. The number of rotatable bonds is 8. The van der Waals surface area contributed by atoms with Gasteiger partial charge in [0.1, 0.15) is 11.3 Å². The molecule has 1 saturated heterocycles. The highest BCUT2D eigenvalue weighted by molar-refractivity contribution is 6.01. The summed E-state index contributed by atoms with van der Waals surface area (Å²) in [5, 5.41) is 1.21. The van der Waals surface area contributed by atoms with Gasteiger partial charge >= 0.3 is 0 Å². The molecular weight excluding hydrogens is 504 g/mol. The summed E-state index contributed by atoms with van der Waals surface area (Å²) in [7, 11) is 5.45. The van der Waals surface area contributed by atoms with Gasteiger partial charge in [-0.25, -0.2) is 4.98 Å². The van der Waals surface area contributed by atoms with Crippen molar-refractivity contribution in [2.24, 2.45) is 12.8 Å². The van der Waals surface area contributed by atoms with E-state index in [0.29, 0.717) is 23.9 Å². The molecule has 1 fully saturated rings. The van der Waals surface area contributed by atoms with Crippen molar-refractivity contribution in [2.45, 2.75) is 44.7 Å². The second-order valence-electron chi connectivity index (χ2n) is 11.2. The molecule has 2 N–H and O–H groups in total. The first-order valence-corrected chi connectivity index (χ1v) is 14.4. The summed E-state index contributed by atoms with van der Waals surface area (Å²) >= 11 is 0. The van der Waals surface area contributed by atoms with Crippen LogP contribution in [-0.2, 0) is 11.8 Å². The lowest BCUT2D eigenvalue weighted by molar-refractivity contribution is 0.0708. The number of ether oxygens (including phenoxy) is 2. The van der Waals surface area contributed by atoms with Crippen LogP contribution in [0.25, 0.3) is 33.5 Å². The van der Waals surface area contributed by atoms with E-state index in [9.17, 15) is 4.79 Å². The monoisotopic (exact) mass is 544 g/mol. The summed E-state index contributed by atoms with van der Waals surface area (Å²) in [6.07, 6.45) is 3.88. The van der Waals surface area contributed by atoms with E-state index >= 15 is 0 Å². The zero-order valence-electron chi connectivity index (χ0n) is 24.0. The highest BCUT2D eigenvalue weighted by Gasteiger charge is 2.30. The molecule has 6 rings (SSSR count). The molecule has 0 bridgehead atoms. The summed E-state index contributed by atoms with van der Waals surface area (Å²) in [5.74, 6) is 1.50. The zero-order chi connectivity index (χ0) is 28.0. The number of nitrogens with zero attached hydrogens (tertiary/aromatic N) is 5. The van der Waals surface area contributed by atoms with Gasteiger partial charge in [0.2, 0.25) is 0 Å². The van der Waals surface area contributed by atoms with E-state index in [1.165, 1.54) is 16.6 Å². The van der Waals surface area contributed by atoms with Crippen LogP contribution in [0, 0.1) is 0 Å². The molecule has 40 heavy (non-hydrogen) atoms. The maximum Gasteiger partial charge on any atom is 0.254 e. The number of hydrogen-bond acceptors (Lipinski definition) is 6. The molecule has 2 aromatic heterocycles. The Labute approximate surface area is 235 Å². The highest BCUT2D eigenvalue weighted by atomic mass is 16.5. The normalized spacial score (nSPS) is 19.1. The first-order valence-electron chi connectivity index (χ1n) is 14.4. The van der Waals surface area contributed by atoms with Gasteiger partial charge < -0.3 is 34.1 Å². The molecule has 0 saturated carbocycles. The smallest absolute Gasteiger partial charge is 0.254 e. The van der Waals surface area contributed by atoms with Crippen molar-refractivity contribution in [3.8, 4) is 17.3 Å². The molecule has 4 heterocycles. The first kappa shape index (κ1) is 26.7. The average molecular weight is 545 g/mol. The number of carbonyl (C=O) groups is 1. The summed E-state index contributed by atoms with van der Waals surface area (Å²) in [5.41, 5.74) is 12.0. The molecule has 9 nitrogen and oxygen atoms in total. The number of anilines is 1. The predicted octanol–water partition coefficient (Wildman–Crippen LogP) is 4.57. The maximum atomic E-state index is 13.5. The number of carbonyl (C=O) groups excluding carboxylic acids is 1. The Morgan fingerprint density at radius 1 is 1.15 bits per heavy atom. The molecule has 2 aliphatic rings. The van der Waals surface area contributed by atoms with E-state index in [2.05, 4.69) is 45.2 Å². The summed E-state index contributed by atoms with van der Waals surface area (Å²) in [4.78, 5) is 22.9. The van der Waals surface area contributed by atoms with Crippen molar-refractivity contribution in [3.05, 3.63) is 42.0 Å². The lowest BCUT2D eigenvalue weighted by Gasteiger charge is -2.36. The molecule has 0 aliphatic carbocycles. The number of piperidine rings is 1. The van der Waals surface area contributed by atoms with Crippen LogP contribution in [-0.4, -0.2) is 78.0 Å². The zero-order valence-corrected chi connectivity index (χ0v) is 24.0. The maximum absolute atomic E-state index is 13.5. The number of amides is 1. The van der Waals surface area contributed by atoms with Gasteiger partial charge in [-0.05, 0) is 49.9 Å². The van der Waals surface area contributed by atoms with E-state index in [0.717, 1.165) is 74.5 Å². The molecular formula is C31H40N6O3. The predicted molar refractivity (Wildman–Crippen MR) is 159 cm³/mol. The van der Waals surface area contributed by atoms with Crippen LogP contribution in [0.3, 0.4) is 0 Å². The summed E-state index contributed by atoms with van der Waals surface area (Å²) in [6, 6.07) is 12.9. The van der Waals surface area contributed by atoms with E-state index < -0.39 is 0 Å². The molecule has 4 aromatic rings. The topological polar surface area (TPSA) is 90.8 Å². The molecule has 2 unspecified atom stereocenters. The van der Waals surface area contributed by atoms with Crippen LogP contribution in [0.5, 0.6) is 5.75 Å². The number of imidazole rings is 1. The molecule has 1 amide bonds. The molecule has 2 aromatic carbocycles. The van der Waals surface area contributed by atoms with Crippen LogP contribution in [0.2, 0.25) is 0 Å². The molecule has 2 atom stereocenters. The van der Waals surface area contributed by atoms with Gasteiger partial charge in [0.25, 0.3) is 5.91 Å². The molecule has 2 aliphatic heterocycles. The minimum atomic E-state index is -0.0182. The van der Waals surface area contributed by atoms with E-state index in [4.69, 9.17) is 20.2 Å². The van der Waals surface area contributed by atoms with Gasteiger partial charge in [-0.1, -0.05) is 19.1 Å². The minimum Gasteiger partial charge on any atom is -0.494 e. The van der Waals surface area contributed by atoms with Crippen molar-refractivity contribution < 1.29 is 14.3 Å². The first-order chi connectivity index (χ1) is 19.4. The van der Waals surface area contributed by atoms with Crippen molar-refractivity contribution in [2.75, 3.05) is 51.9 Å². The Hall–Kier alpha value is -3.56. The number of likely N-dealkylation sites (tertiary alicyclic amines) is 1. The van der Waals surface area contributed by atoms with Gasteiger partial charge in [-0.2, -0.15) is 0 Å². The third-order valence-electron chi connectivity index (χ3n) is 8.60. The Balaban J connectivity index is 1.46. The fraction of sp³-hybridized carbons (Fsp3) is 0.484. The third-order valence-corrected chi connectivity index (χ3v) is 8.60. The third kappa shape index (κ3) is 4.41. The summed E-state index contributed by atoms with van der Waals surface area (Å²) in [6.45, 7) is 6.22. The van der Waals surface area contributed by atoms with Gasteiger partial charge in [0, 0.05) is 63.9 Å². The van der Waals surface area contributed by atoms with Crippen LogP contribution in [0.1, 0.15) is 49.0 Å². The van der Waals surface area contributed by atoms with E-state index in [-0.39, 0.29) is 11.9 Å². The number of para-hydroxylation sites is 1. The van der Waals surface area contributed by atoms with Gasteiger partial charge in [-0.15, -0.1) is 0 Å². The van der Waals surface area contributed by atoms with Crippen LogP contribution >= 0.6 is 0 Å². The van der Waals surface area contributed by atoms with Crippen molar-refractivity contribution in [3.63, 3.8) is 0 Å². The van der Waals surface area contributed by atoms with Crippen molar-refractivity contribution >= 4 is 33.5 Å². The van der Waals surface area contributed by atoms with E-state index in [1.54, 1.807) is 14.2 Å². The van der Waals surface area contributed by atoms with Crippen molar-refractivity contribution in [1.29, 1.82) is 0 Å². The van der Waals surface area contributed by atoms with Crippen LogP contribution in [0.4, 0.5) is 5.69 Å².